The number of aromatic nitrogens is 4. The monoisotopic (exact) mass is 663 g/mol. The molecule has 4 fully saturated rings. The van der Waals surface area contributed by atoms with Crippen LogP contribution < -0.4 is 10.5 Å². The third-order valence-corrected chi connectivity index (χ3v) is 11.2. The SMILES string of the molecule is COc1cc(C(=O)N2CC3CCC2[C@@H]3N)cc2nc(-c3cc4ccccc4n3CC3CC3)n(CC3CN(C(=O)c4ccnc(Cl)c4)C3)c12. The van der Waals surface area contributed by atoms with Gasteiger partial charge in [0.15, 0.2) is 5.82 Å². The predicted molar refractivity (Wildman–Crippen MR) is 184 cm³/mol. The molecule has 0 spiro atoms. The van der Waals surface area contributed by atoms with Gasteiger partial charge in [-0.3, -0.25) is 9.59 Å². The van der Waals surface area contributed by atoms with Gasteiger partial charge in [-0.2, -0.15) is 0 Å². The lowest BCUT2D eigenvalue weighted by Crippen LogP contribution is -2.51. The Hall–Kier alpha value is -4.41. The first-order chi connectivity index (χ1) is 23.4. The van der Waals surface area contributed by atoms with Gasteiger partial charge in [0.25, 0.3) is 11.8 Å². The molecule has 2 unspecified atom stereocenters. The number of piperidine rings is 1. The number of halogens is 1. The van der Waals surface area contributed by atoms with Crippen LogP contribution in [0.3, 0.4) is 0 Å². The number of carbonyl (C=O) groups excluding carboxylic acids is 2. The van der Waals surface area contributed by atoms with Gasteiger partial charge in [0.2, 0.25) is 0 Å². The number of nitrogens with two attached hydrogens (primary N) is 1. The quantitative estimate of drug-likeness (QED) is 0.221. The Bertz CT molecular complexity index is 2100. The number of para-hydroxylation sites is 1. The van der Waals surface area contributed by atoms with Gasteiger partial charge in [0, 0.05) is 79.0 Å². The zero-order valence-electron chi connectivity index (χ0n) is 26.9. The number of likely N-dealkylation sites (tertiary alicyclic amines) is 2. The van der Waals surface area contributed by atoms with Crippen molar-refractivity contribution in [1.82, 2.24) is 28.9 Å². The van der Waals surface area contributed by atoms with Crippen molar-refractivity contribution in [2.45, 2.75) is 50.9 Å². The van der Waals surface area contributed by atoms with E-state index >= 15 is 0 Å². The Morgan fingerprint density at radius 2 is 1.73 bits per heavy atom. The van der Waals surface area contributed by atoms with E-state index in [1.54, 1.807) is 25.4 Å². The number of pyridine rings is 1. The Morgan fingerprint density at radius 3 is 2.46 bits per heavy atom. The van der Waals surface area contributed by atoms with Crippen LogP contribution in [0.15, 0.2) is 60.8 Å². The van der Waals surface area contributed by atoms with Crippen molar-refractivity contribution in [2.75, 3.05) is 26.7 Å². The highest BCUT2D eigenvalue weighted by Gasteiger charge is 2.47. The molecule has 9 rings (SSSR count). The van der Waals surface area contributed by atoms with Crippen molar-refractivity contribution in [3.8, 4) is 17.3 Å². The predicted octanol–water partition coefficient (Wildman–Crippen LogP) is 5.46. The lowest BCUT2D eigenvalue weighted by atomic mass is 9.98. The van der Waals surface area contributed by atoms with Gasteiger partial charge in [-0.1, -0.05) is 29.8 Å². The molecule has 3 aromatic heterocycles. The lowest BCUT2D eigenvalue weighted by Gasteiger charge is -2.39. The van der Waals surface area contributed by atoms with Crippen molar-refractivity contribution in [2.24, 2.45) is 23.5 Å². The van der Waals surface area contributed by atoms with E-state index in [0.717, 1.165) is 41.9 Å². The molecule has 2 N–H and O–H groups in total. The number of hydrogen-bond donors (Lipinski definition) is 1. The van der Waals surface area contributed by atoms with Crippen LogP contribution in [0, 0.1) is 17.8 Å². The van der Waals surface area contributed by atoms with Crippen molar-refractivity contribution in [1.29, 1.82) is 0 Å². The van der Waals surface area contributed by atoms with Crippen LogP contribution in [0.5, 0.6) is 5.75 Å². The Labute approximate surface area is 283 Å². The van der Waals surface area contributed by atoms with E-state index in [1.165, 1.54) is 23.7 Å². The molecule has 2 aromatic carbocycles. The van der Waals surface area contributed by atoms with Crippen LogP contribution in [-0.4, -0.2) is 79.5 Å². The molecule has 11 heteroatoms. The van der Waals surface area contributed by atoms with Gasteiger partial charge in [-0.25, -0.2) is 9.97 Å². The number of ether oxygens (including phenoxy) is 1. The number of imidazole rings is 1. The summed E-state index contributed by atoms with van der Waals surface area (Å²) in [5, 5.41) is 1.48. The van der Waals surface area contributed by atoms with Crippen LogP contribution in [0.2, 0.25) is 5.15 Å². The van der Waals surface area contributed by atoms with Crippen LogP contribution >= 0.6 is 11.6 Å². The van der Waals surface area contributed by atoms with Gasteiger partial charge in [-0.05, 0) is 73.9 Å². The number of amides is 2. The standard InChI is InChI=1S/C37H38ClN7O3/c1-48-31-14-26(37(47)44-20-25-8-9-29(44)33(25)39)12-27-34(31)45(19-22-16-42(17-22)36(46)24-10-11-40-32(38)15-24)35(41-27)30-13-23-4-2-3-5-28(23)43(30)18-21-6-7-21/h2-5,10-15,21-22,25,29,33H,6-9,16-20,39H2,1H3/t25?,29?,33-/m1/s1. The van der Waals surface area contributed by atoms with Gasteiger partial charge in [0.1, 0.15) is 16.4 Å². The molecule has 246 valence electrons. The first kappa shape index (κ1) is 29.7. The van der Waals surface area contributed by atoms with E-state index in [9.17, 15) is 9.59 Å². The first-order valence-corrected chi connectivity index (χ1v) is 17.4. The van der Waals surface area contributed by atoms with Gasteiger partial charge < -0.3 is 29.4 Å². The number of nitrogens with zero attached hydrogens (tertiary/aromatic N) is 6. The summed E-state index contributed by atoms with van der Waals surface area (Å²) in [7, 11) is 1.65. The summed E-state index contributed by atoms with van der Waals surface area (Å²) < 4.78 is 10.7. The number of fused-ring (bicyclic) bond motifs is 4. The molecule has 2 aliphatic carbocycles. The van der Waals surface area contributed by atoms with Crippen LogP contribution in [0.1, 0.15) is 46.4 Å². The van der Waals surface area contributed by atoms with Crippen LogP contribution in [-0.2, 0) is 13.1 Å². The minimum absolute atomic E-state index is 0.0128. The minimum Gasteiger partial charge on any atom is -0.494 e. The molecule has 0 radical (unpaired) electrons. The number of carbonyl (C=O) groups is 2. The maximum atomic E-state index is 14.0. The molecule has 2 amide bonds. The summed E-state index contributed by atoms with van der Waals surface area (Å²) >= 11 is 6.07. The Balaban J connectivity index is 1.12. The summed E-state index contributed by atoms with van der Waals surface area (Å²) in [4.78, 5) is 40.3. The van der Waals surface area contributed by atoms with Crippen molar-refractivity contribution in [3.63, 3.8) is 0 Å². The topological polar surface area (TPSA) is 112 Å². The Morgan fingerprint density at radius 1 is 0.917 bits per heavy atom. The van der Waals surface area contributed by atoms with E-state index < -0.39 is 0 Å². The number of hydrogen-bond acceptors (Lipinski definition) is 6. The summed E-state index contributed by atoms with van der Waals surface area (Å²) in [6, 6.07) is 18.0. The average Bonchev–Trinajstić information content (AvgIpc) is 3.43. The van der Waals surface area contributed by atoms with Crippen LogP contribution in [0.4, 0.5) is 0 Å². The van der Waals surface area contributed by atoms with E-state index in [0.29, 0.717) is 60.0 Å². The average molecular weight is 664 g/mol. The van der Waals surface area contributed by atoms with E-state index in [-0.39, 0.29) is 29.8 Å². The molecule has 2 bridgehead atoms. The highest BCUT2D eigenvalue weighted by Crippen LogP contribution is 2.41. The second kappa shape index (κ2) is 11.3. The maximum absolute atomic E-state index is 14.0. The van der Waals surface area contributed by atoms with Crippen LogP contribution in [0.25, 0.3) is 33.5 Å². The van der Waals surface area contributed by atoms with Gasteiger partial charge in [-0.15, -0.1) is 0 Å². The van der Waals surface area contributed by atoms with Crippen molar-refractivity contribution in [3.05, 3.63) is 77.1 Å². The highest BCUT2D eigenvalue weighted by atomic mass is 35.5. The maximum Gasteiger partial charge on any atom is 0.254 e. The molecule has 5 aromatic rings. The lowest BCUT2D eigenvalue weighted by molar-refractivity contribution is 0.0471. The molecule has 4 aliphatic rings. The molecule has 10 nitrogen and oxygen atoms in total. The summed E-state index contributed by atoms with van der Waals surface area (Å²) in [6.07, 6.45) is 6.07. The van der Waals surface area contributed by atoms with Gasteiger partial charge in [0.05, 0.1) is 18.3 Å². The van der Waals surface area contributed by atoms with E-state index in [2.05, 4.69) is 44.5 Å². The number of methoxy groups -OCH3 is 1. The fourth-order valence-corrected chi connectivity index (χ4v) is 8.48. The summed E-state index contributed by atoms with van der Waals surface area (Å²) in [5.74, 6) is 2.63. The number of benzene rings is 2. The fraction of sp³-hybridized carbons (Fsp3) is 0.405. The smallest absolute Gasteiger partial charge is 0.254 e. The van der Waals surface area contributed by atoms with E-state index in [1.807, 2.05) is 21.9 Å². The summed E-state index contributed by atoms with van der Waals surface area (Å²) in [5.41, 5.74) is 11.4. The molecule has 3 atom stereocenters. The third-order valence-electron chi connectivity index (χ3n) is 11.0. The largest absolute Gasteiger partial charge is 0.494 e. The third kappa shape index (κ3) is 4.87. The zero-order chi connectivity index (χ0) is 32.7. The molecule has 48 heavy (non-hydrogen) atoms. The molecule has 2 saturated carbocycles. The minimum atomic E-state index is -0.0492. The first-order valence-electron chi connectivity index (χ1n) is 17.0. The Kier molecular flexibility index (Phi) is 7.02. The van der Waals surface area contributed by atoms with Gasteiger partial charge >= 0.3 is 0 Å². The highest BCUT2D eigenvalue weighted by molar-refractivity contribution is 6.29. The normalized spacial score (nSPS) is 22.2. The summed E-state index contributed by atoms with van der Waals surface area (Å²) in [6.45, 7) is 3.50. The van der Waals surface area contributed by atoms with Crippen molar-refractivity contribution >= 4 is 45.4 Å². The fourth-order valence-electron chi connectivity index (χ4n) is 8.31. The molecule has 5 heterocycles. The van der Waals surface area contributed by atoms with Crippen molar-refractivity contribution < 1.29 is 14.3 Å². The number of rotatable bonds is 8. The second-order valence-electron chi connectivity index (χ2n) is 14.1. The molecular weight excluding hydrogens is 626 g/mol. The molecule has 2 aliphatic heterocycles. The zero-order valence-corrected chi connectivity index (χ0v) is 27.6. The molecular formula is C37H38ClN7O3. The second-order valence-corrected chi connectivity index (χ2v) is 14.5. The van der Waals surface area contributed by atoms with E-state index in [4.69, 9.17) is 27.1 Å². The molecule has 2 saturated heterocycles.